The van der Waals surface area contributed by atoms with Crippen LogP contribution in [-0.4, -0.2) is 33.3 Å². The Hall–Kier alpha value is -2.31. The highest BCUT2D eigenvalue weighted by molar-refractivity contribution is 5.71. The van der Waals surface area contributed by atoms with Crippen molar-refractivity contribution < 1.29 is 24.5 Å². The summed E-state index contributed by atoms with van der Waals surface area (Å²) in [7, 11) is 0. The van der Waals surface area contributed by atoms with Crippen molar-refractivity contribution in [3.63, 3.8) is 0 Å². The van der Waals surface area contributed by atoms with Gasteiger partial charge in [0.25, 0.3) is 5.56 Å². The zero-order valence-electron chi connectivity index (χ0n) is 9.70. The minimum Gasteiger partial charge on any atom is -0.487 e. The molecular formula is C11H13NO6. The van der Waals surface area contributed by atoms with Crippen LogP contribution in [0, 0.1) is 0 Å². The van der Waals surface area contributed by atoms with Crippen LogP contribution in [0.5, 0.6) is 5.75 Å². The van der Waals surface area contributed by atoms with E-state index in [1.165, 1.54) is 25.3 Å². The Labute approximate surface area is 102 Å². The minimum absolute atomic E-state index is 0.0631. The maximum Gasteiger partial charge on any atom is 0.326 e. The first-order valence-electron chi connectivity index (χ1n) is 5.22. The summed E-state index contributed by atoms with van der Waals surface area (Å²) < 4.78 is 6.02. The largest absolute Gasteiger partial charge is 0.487 e. The number of hydrogen-bond acceptors (Lipinski definition) is 4. The second-order valence-electron chi connectivity index (χ2n) is 3.59. The summed E-state index contributed by atoms with van der Waals surface area (Å²) >= 11 is 0. The highest BCUT2D eigenvalue weighted by Crippen LogP contribution is 2.07. The van der Waals surface area contributed by atoms with E-state index in [9.17, 15) is 14.4 Å². The standard InChI is InChI=1S/C11H13NO6/c1-7(11(16)17)12-5-2-3-8(10(12)15)18-6-4-9(13)14/h2-3,5,7H,4,6H2,1H3,(H,13,14)(H,16,17). The fourth-order valence-corrected chi connectivity index (χ4v) is 1.27. The van der Waals surface area contributed by atoms with E-state index in [1.807, 2.05) is 0 Å². The summed E-state index contributed by atoms with van der Waals surface area (Å²) in [6, 6.07) is 1.83. The number of rotatable bonds is 6. The van der Waals surface area contributed by atoms with Crippen LogP contribution in [0.4, 0.5) is 0 Å². The van der Waals surface area contributed by atoms with Crippen molar-refractivity contribution in [1.82, 2.24) is 4.57 Å². The van der Waals surface area contributed by atoms with Crippen LogP contribution in [0.15, 0.2) is 23.1 Å². The molecule has 98 valence electrons. The smallest absolute Gasteiger partial charge is 0.326 e. The predicted molar refractivity (Wildman–Crippen MR) is 60.8 cm³/mol. The number of aliphatic carboxylic acids is 2. The van der Waals surface area contributed by atoms with Crippen LogP contribution in [0.25, 0.3) is 0 Å². The van der Waals surface area contributed by atoms with Gasteiger partial charge in [-0.25, -0.2) is 4.79 Å². The van der Waals surface area contributed by atoms with Crippen LogP contribution >= 0.6 is 0 Å². The van der Waals surface area contributed by atoms with Gasteiger partial charge in [0, 0.05) is 6.20 Å². The highest BCUT2D eigenvalue weighted by atomic mass is 16.5. The van der Waals surface area contributed by atoms with E-state index < -0.39 is 23.5 Å². The van der Waals surface area contributed by atoms with Gasteiger partial charge in [0.15, 0.2) is 5.75 Å². The molecule has 1 atom stereocenters. The molecule has 2 N–H and O–H groups in total. The Morgan fingerprint density at radius 3 is 2.67 bits per heavy atom. The lowest BCUT2D eigenvalue weighted by Gasteiger charge is -2.12. The van der Waals surface area contributed by atoms with Gasteiger partial charge in [0.05, 0.1) is 13.0 Å². The fourth-order valence-electron chi connectivity index (χ4n) is 1.27. The fraction of sp³-hybridized carbons (Fsp3) is 0.364. The first-order chi connectivity index (χ1) is 8.43. The van der Waals surface area contributed by atoms with Crippen molar-refractivity contribution >= 4 is 11.9 Å². The van der Waals surface area contributed by atoms with Crippen LogP contribution in [0.2, 0.25) is 0 Å². The number of carbonyl (C=O) groups is 2. The quantitative estimate of drug-likeness (QED) is 0.759. The maximum absolute atomic E-state index is 11.8. The third-order valence-corrected chi connectivity index (χ3v) is 2.29. The predicted octanol–water partition coefficient (Wildman–Crippen LogP) is 0.347. The molecule has 1 rings (SSSR count). The van der Waals surface area contributed by atoms with Gasteiger partial charge in [-0.1, -0.05) is 0 Å². The molecule has 1 heterocycles. The van der Waals surface area contributed by atoms with E-state index in [0.29, 0.717) is 0 Å². The van der Waals surface area contributed by atoms with Crippen LogP contribution in [-0.2, 0) is 9.59 Å². The number of nitrogens with zero attached hydrogens (tertiary/aromatic N) is 1. The molecule has 0 spiro atoms. The highest BCUT2D eigenvalue weighted by Gasteiger charge is 2.16. The number of pyridine rings is 1. The Kier molecular flexibility index (Phi) is 4.47. The van der Waals surface area contributed by atoms with Crippen molar-refractivity contribution in [1.29, 1.82) is 0 Å². The summed E-state index contributed by atoms with van der Waals surface area (Å²) in [6.07, 6.45) is 1.11. The zero-order chi connectivity index (χ0) is 13.7. The van der Waals surface area contributed by atoms with Crippen molar-refractivity contribution in [3.8, 4) is 5.75 Å². The van der Waals surface area contributed by atoms with E-state index >= 15 is 0 Å². The molecular weight excluding hydrogens is 242 g/mol. The molecule has 0 fully saturated rings. The van der Waals surface area contributed by atoms with E-state index in [0.717, 1.165) is 4.57 Å². The van der Waals surface area contributed by atoms with Crippen molar-refractivity contribution in [3.05, 3.63) is 28.7 Å². The van der Waals surface area contributed by atoms with Crippen LogP contribution in [0.1, 0.15) is 19.4 Å². The van der Waals surface area contributed by atoms with Gasteiger partial charge in [0.1, 0.15) is 6.04 Å². The summed E-state index contributed by atoms with van der Waals surface area (Å²) in [5.74, 6) is -2.24. The summed E-state index contributed by atoms with van der Waals surface area (Å²) in [4.78, 5) is 32.9. The van der Waals surface area contributed by atoms with E-state index in [-0.39, 0.29) is 18.8 Å². The first-order valence-corrected chi connectivity index (χ1v) is 5.22. The lowest BCUT2D eigenvalue weighted by atomic mass is 10.3. The monoisotopic (exact) mass is 255 g/mol. The lowest BCUT2D eigenvalue weighted by Crippen LogP contribution is -2.28. The van der Waals surface area contributed by atoms with Crippen molar-refractivity contribution in [2.75, 3.05) is 6.61 Å². The number of ether oxygens (including phenoxy) is 1. The van der Waals surface area contributed by atoms with Gasteiger partial charge in [-0.15, -0.1) is 0 Å². The molecule has 0 aliphatic carbocycles. The Bertz CT molecular complexity index is 507. The van der Waals surface area contributed by atoms with E-state index in [2.05, 4.69) is 0 Å². The molecule has 1 aromatic heterocycles. The molecule has 1 unspecified atom stereocenters. The molecule has 0 saturated carbocycles. The van der Waals surface area contributed by atoms with Crippen molar-refractivity contribution in [2.24, 2.45) is 0 Å². The molecule has 0 saturated heterocycles. The van der Waals surface area contributed by atoms with Gasteiger partial charge in [0.2, 0.25) is 0 Å². The number of hydrogen-bond donors (Lipinski definition) is 2. The van der Waals surface area contributed by atoms with Gasteiger partial charge >= 0.3 is 11.9 Å². The van der Waals surface area contributed by atoms with Gasteiger partial charge in [-0.3, -0.25) is 14.2 Å². The molecule has 0 bridgehead atoms. The Morgan fingerprint density at radius 1 is 1.44 bits per heavy atom. The second kappa shape index (κ2) is 5.85. The van der Waals surface area contributed by atoms with Gasteiger partial charge in [-0.05, 0) is 19.1 Å². The second-order valence-corrected chi connectivity index (χ2v) is 3.59. The average molecular weight is 255 g/mol. The zero-order valence-corrected chi connectivity index (χ0v) is 9.70. The summed E-state index contributed by atoms with van der Waals surface area (Å²) in [5.41, 5.74) is -0.599. The molecule has 0 radical (unpaired) electrons. The molecule has 1 aromatic rings. The minimum atomic E-state index is -1.14. The van der Waals surface area contributed by atoms with Crippen LogP contribution < -0.4 is 10.3 Å². The molecule has 0 amide bonds. The number of carboxylic acid groups (broad SMARTS) is 2. The molecule has 18 heavy (non-hydrogen) atoms. The van der Waals surface area contributed by atoms with E-state index in [1.54, 1.807) is 0 Å². The first kappa shape index (κ1) is 13.8. The molecule has 0 aliphatic rings. The van der Waals surface area contributed by atoms with Gasteiger partial charge in [-0.2, -0.15) is 0 Å². The third kappa shape index (κ3) is 3.34. The topological polar surface area (TPSA) is 106 Å². The summed E-state index contributed by atoms with van der Waals surface area (Å²) in [6.45, 7) is 1.22. The number of aromatic nitrogens is 1. The van der Waals surface area contributed by atoms with E-state index in [4.69, 9.17) is 14.9 Å². The number of carboxylic acids is 2. The maximum atomic E-state index is 11.8. The molecule has 0 aromatic carbocycles. The van der Waals surface area contributed by atoms with Crippen LogP contribution in [0.3, 0.4) is 0 Å². The van der Waals surface area contributed by atoms with Crippen molar-refractivity contribution in [2.45, 2.75) is 19.4 Å². The SMILES string of the molecule is CC(C(=O)O)n1cccc(OCCC(=O)O)c1=O. The normalized spacial score (nSPS) is 11.8. The third-order valence-electron chi connectivity index (χ3n) is 2.29. The molecule has 7 nitrogen and oxygen atoms in total. The average Bonchev–Trinajstić information content (AvgIpc) is 2.30. The lowest BCUT2D eigenvalue weighted by molar-refractivity contribution is -0.140. The summed E-state index contributed by atoms with van der Waals surface area (Å²) in [5, 5.41) is 17.3. The van der Waals surface area contributed by atoms with Gasteiger partial charge < -0.3 is 14.9 Å². The molecule has 0 aliphatic heterocycles. The Morgan fingerprint density at radius 2 is 2.11 bits per heavy atom. The molecule has 7 heteroatoms. The Balaban J connectivity index is 2.89.